The number of aromatic nitrogens is 2. The van der Waals surface area contributed by atoms with Gasteiger partial charge in [0.05, 0.1) is 0 Å². The number of imidazole rings is 1. The highest BCUT2D eigenvalue weighted by Gasteiger charge is 2.22. The van der Waals surface area contributed by atoms with E-state index in [2.05, 4.69) is 4.98 Å². The molecular formula is C9H12N2O2. The molecule has 1 N–H and O–H groups in total. The summed E-state index contributed by atoms with van der Waals surface area (Å²) >= 11 is 0. The van der Waals surface area contributed by atoms with Crippen molar-refractivity contribution in [2.45, 2.75) is 25.8 Å². The molecule has 0 radical (unpaired) electrons. The van der Waals surface area contributed by atoms with E-state index in [1.165, 1.54) is 12.8 Å². The maximum absolute atomic E-state index is 10.5. The molecule has 0 atom stereocenters. The molecule has 0 amide bonds. The third kappa shape index (κ3) is 2.08. The van der Waals surface area contributed by atoms with Crippen molar-refractivity contribution in [1.82, 2.24) is 9.55 Å². The van der Waals surface area contributed by atoms with Crippen LogP contribution in [0.4, 0.5) is 0 Å². The van der Waals surface area contributed by atoms with Crippen LogP contribution in [0.3, 0.4) is 0 Å². The second-order valence-electron chi connectivity index (χ2n) is 3.51. The van der Waals surface area contributed by atoms with Crippen molar-refractivity contribution in [2.75, 3.05) is 0 Å². The third-order valence-corrected chi connectivity index (χ3v) is 2.26. The number of carboxylic acid groups (broad SMARTS) is 1. The lowest BCUT2D eigenvalue weighted by molar-refractivity contribution is -0.136. The van der Waals surface area contributed by atoms with Crippen molar-refractivity contribution in [3.8, 4) is 0 Å². The maximum Gasteiger partial charge on any atom is 0.311 e. The molecule has 0 unspecified atom stereocenters. The van der Waals surface area contributed by atoms with Crippen molar-refractivity contribution in [3.05, 3.63) is 18.2 Å². The van der Waals surface area contributed by atoms with E-state index < -0.39 is 5.97 Å². The summed E-state index contributed by atoms with van der Waals surface area (Å²) < 4.78 is 1.95. The molecule has 1 aromatic rings. The van der Waals surface area contributed by atoms with Crippen molar-refractivity contribution in [3.63, 3.8) is 0 Å². The first-order chi connectivity index (χ1) is 6.25. The minimum Gasteiger partial charge on any atom is -0.481 e. The minimum absolute atomic E-state index is 0.0275. The molecule has 4 heteroatoms. The molecule has 0 aliphatic heterocycles. The Bertz CT molecular complexity index is 315. The highest BCUT2D eigenvalue weighted by Crippen LogP contribution is 2.30. The molecule has 2 rings (SSSR count). The fraction of sp³-hybridized carbons (Fsp3) is 0.556. The summed E-state index contributed by atoms with van der Waals surface area (Å²) in [5.74, 6) is 0.601. The molecule has 1 saturated carbocycles. The van der Waals surface area contributed by atoms with Gasteiger partial charge < -0.3 is 9.67 Å². The Labute approximate surface area is 76.2 Å². The van der Waals surface area contributed by atoms with E-state index in [1.54, 1.807) is 6.20 Å². The van der Waals surface area contributed by atoms with Crippen LogP contribution in [-0.4, -0.2) is 20.6 Å². The largest absolute Gasteiger partial charge is 0.481 e. The Kier molecular flexibility index (Phi) is 2.04. The molecule has 0 aromatic carbocycles. The Hall–Kier alpha value is -1.32. The van der Waals surface area contributed by atoms with Gasteiger partial charge in [0.1, 0.15) is 12.2 Å². The minimum atomic E-state index is -0.816. The Balaban J connectivity index is 2.05. The molecule has 4 nitrogen and oxygen atoms in total. The van der Waals surface area contributed by atoms with E-state index in [-0.39, 0.29) is 6.42 Å². The van der Waals surface area contributed by atoms with E-state index >= 15 is 0 Å². The van der Waals surface area contributed by atoms with Crippen LogP contribution in [0.15, 0.2) is 12.4 Å². The van der Waals surface area contributed by atoms with Gasteiger partial charge in [-0.05, 0) is 18.8 Å². The van der Waals surface area contributed by atoms with Crippen molar-refractivity contribution >= 4 is 5.97 Å². The lowest BCUT2D eigenvalue weighted by atomic mass is 10.3. The van der Waals surface area contributed by atoms with Gasteiger partial charge in [-0.1, -0.05) is 0 Å². The smallest absolute Gasteiger partial charge is 0.311 e. The normalized spacial score (nSPS) is 16.0. The van der Waals surface area contributed by atoms with Crippen LogP contribution in [-0.2, 0) is 17.8 Å². The molecule has 13 heavy (non-hydrogen) atoms. The first-order valence-electron chi connectivity index (χ1n) is 4.47. The summed E-state index contributed by atoms with van der Waals surface area (Å²) in [6.45, 7) is 0.933. The predicted octanol–water partition coefficient (Wildman–Crippen LogP) is 0.920. The highest BCUT2D eigenvalue weighted by molar-refractivity contribution is 5.69. The molecule has 1 fully saturated rings. The van der Waals surface area contributed by atoms with Gasteiger partial charge in [0, 0.05) is 18.9 Å². The highest BCUT2D eigenvalue weighted by atomic mass is 16.4. The molecule has 0 spiro atoms. The Morgan fingerprint density at radius 2 is 2.46 bits per heavy atom. The van der Waals surface area contributed by atoms with Gasteiger partial charge in [-0.2, -0.15) is 0 Å². The van der Waals surface area contributed by atoms with Crippen LogP contribution in [0.1, 0.15) is 18.7 Å². The zero-order valence-electron chi connectivity index (χ0n) is 7.31. The first-order valence-corrected chi connectivity index (χ1v) is 4.47. The van der Waals surface area contributed by atoms with E-state index in [4.69, 9.17) is 5.11 Å². The third-order valence-electron chi connectivity index (χ3n) is 2.26. The first kappa shape index (κ1) is 8.29. The van der Waals surface area contributed by atoms with E-state index in [9.17, 15) is 4.79 Å². The molecular weight excluding hydrogens is 168 g/mol. The molecule has 1 aliphatic carbocycles. The van der Waals surface area contributed by atoms with Crippen LogP contribution in [0, 0.1) is 5.92 Å². The van der Waals surface area contributed by atoms with Gasteiger partial charge in [0.15, 0.2) is 0 Å². The lowest BCUT2D eigenvalue weighted by Gasteiger charge is -2.03. The molecule has 0 saturated heterocycles. The lowest BCUT2D eigenvalue weighted by Crippen LogP contribution is -2.09. The van der Waals surface area contributed by atoms with Gasteiger partial charge in [-0.25, -0.2) is 4.98 Å². The molecule has 1 aromatic heterocycles. The van der Waals surface area contributed by atoms with Crippen LogP contribution in [0.5, 0.6) is 0 Å². The SMILES string of the molecule is O=C(O)Cc1nccn1CC1CC1. The number of hydrogen-bond acceptors (Lipinski definition) is 2. The molecule has 0 bridgehead atoms. The van der Waals surface area contributed by atoms with Crippen LogP contribution < -0.4 is 0 Å². The summed E-state index contributed by atoms with van der Waals surface area (Å²) in [6.07, 6.45) is 6.09. The van der Waals surface area contributed by atoms with E-state index in [1.807, 2.05) is 10.8 Å². The van der Waals surface area contributed by atoms with Gasteiger partial charge >= 0.3 is 5.97 Å². The summed E-state index contributed by atoms with van der Waals surface area (Å²) in [4.78, 5) is 14.5. The summed E-state index contributed by atoms with van der Waals surface area (Å²) in [7, 11) is 0. The topological polar surface area (TPSA) is 55.1 Å². The molecule has 1 heterocycles. The van der Waals surface area contributed by atoms with E-state index in [0.717, 1.165) is 12.5 Å². The summed E-state index contributed by atoms with van der Waals surface area (Å²) in [5, 5.41) is 8.61. The van der Waals surface area contributed by atoms with Crippen molar-refractivity contribution in [2.24, 2.45) is 5.92 Å². The predicted molar refractivity (Wildman–Crippen MR) is 46.3 cm³/mol. The van der Waals surface area contributed by atoms with Crippen molar-refractivity contribution in [1.29, 1.82) is 0 Å². The Morgan fingerprint density at radius 3 is 3.08 bits per heavy atom. The van der Waals surface area contributed by atoms with Gasteiger partial charge in [0.25, 0.3) is 0 Å². The number of aliphatic carboxylic acids is 1. The standard InChI is InChI=1S/C9H12N2O2/c12-9(13)5-8-10-3-4-11(8)6-7-1-2-7/h3-4,7H,1-2,5-6H2,(H,12,13). The number of nitrogens with zero attached hydrogens (tertiary/aromatic N) is 2. The fourth-order valence-corrected chi connectivity index (χ4v) is 1.39. The van der Waals surface area contributed by atoms with E-state index in [0.29, 0.717) is 5.82 Å². The number of carboxylic acids is 1. The zero-order valence-corrected chi connectivity index (χ0v) is 7.31. The van der Waals surface area contributed by atoms with Crippen LogP contribution >= 0.6 is 0 Å². The molecule has 70 valence electrons. The number of hydrogen-bond donors (Lipinski definition) is 1. The average molecular weight is 180 g/mol. The van der Waals surface area contributed by atoms with Gasteiger partial charge in [-0.15, -0.1) is 0 Å². The number of carbonyl (C=O) groups is 1. The number of rotatable bonds is 4. The fourth-order valence-electron chi connectivity index (χ4n) is 1.39. The van der Waals surface area contributed by atoms with Crippen molar-refractivity contribution < 1.29 is 9.90 Å². The average Bonchev–Trinajstić information content (AvgIpc) is 2.75. The van der Waals surface area contributed by atoms with Crippen LogP contribution in [0.25, 0.3) is 0 Å². The van der Waals surface area contributed by atoms with Crippen LogP contribution in [0.2, 0.25) is 0 Å². The second-order valence-corrected chi connectivity index (χ2v) is 3.51. The summed E-state index contributed by atoms with van der Waals surface area (Å²) in [5.41, 5.74) is 0. The summed E-state index contributed by atoms with van der Waals surface area (Å²) in [6, 6.07) is 0. The zero-order chi connectivity index (χ0) is 9.26. The second kappa shape index (κ2) is 3.20. The maximum atomic E-state index is 10.5. The quantitative estimate of drug-likeness (QED) is 0.749. The monoisotopic (exact) mass is 180 g/mol. The van der Waals surface area contributed by atoms with Gasteiger partial charge in [-0.3, -0.25) is 4.79 Å². The van der Waals surface area contributed by atoms with Gasteiger partial charge in [0.2, 0.25) is 0 Å². The molecule has 1 aliphatic rings. The Morgan fingerprint density at radius 1 is 1.69 bits per heavy atom.